The number of benzene rings is 3. The zero-order valence-corrected chi connectivity index (χ0v) is 20.4. The van der Waals surface area contributed by atoms with Crippen LogP contribution >= 0.6 is 0 Å². The SMILES string of the molecule is CC(C)CC(=O)N1CCN(c2ccc(NC(=O)c3cccc(OCc4ccccc4)c3)cc2)CC1. The Morgan fingerprint density at radius 1 is 0.886 bits per heavy atom. The summed E-state index contributed by atoms with van der Waals surface area (Å²) in [6, 6.07) is 25.0. The van der Waals surface area contributed by atoms with E-state index in [1.54, 1.807) is 12.1 Å². The highest BCUT2D eigenvalue weighted by molar-refractivity contribution is 6.04. The molecule has 1 aliphatic rings. The van der Waals surface area contributed by atoms with E-state index in [0.717, 1.165) is 43.1 Å². The van der Waals surface area contributed by atoms with Gasteiger partial charge in [0.25, 0.3) is 5.91 Å². The van der Waals surface area contributed by atoms with Gasteiger partial charge in [-0.05, 0) is 53.9 Å². The molecule has 182 valence electrons. The highest BCUT2D eigenvalue weighted by Crippen LogP contribution is 2.21. The van der Waals surface area contributed by atoms with Crippen molar-refractivity contribution in [3.05, 3.63) is 90.0 Å². The van der Waals surface area contributed by atoms with Crippen molar-refractivity contribution in [2.75, 3.05) is 36.4 Å². The standard InChI is InChI=1S/C29H33N3O3/c1-22(2)19-28(33)32-17-15-31(16-18-32)26-13-11-25(12-14-26)30-29(34)24-9-6-10-27(20-24)35-21-23-7-4-3-5-8-23/h3-14,20,22H,15-19,21H2,1-2H3,(H,30,34). The van der Waals surface area contributed by atoms with Crippen molar-refractivity contribution < 1.29 is 14.3 Å². The summed E-state index contributed by atoms with van der Waals surface area (Å²) in [5.41, 5.74) is 3.45. The molecular formula is C29H33N3O3. The Morgan fingerprint density at radius 3 is 2.29 bits per heavy atom. The minimum Gasteiger partial charge on any atom is -0.489 e. The first-order valence-electron chi connectivity index (χ1n) is 12.2. The largest absolute Gasteiger partial charge is 0.489 e. The van der Waals surface area contributed by atoms with E-state index in [-0.39, 0.29) is 11.8 Å². The first-order chi connectivity index (χ1) is 17.0. The number of amides is 2. The highest BCUT2D eigenvalue weighted by atomic mass is 16.5. The van der Waals surface area contributed by atoms with Crippen LogP contribution in [0.3, 0.4) is 0 Å². The molecule has 35 heavy (non-hydrogen) atoms. The van der Waals surface area contributed by atoms with E-state index in [1.165, 1.54) is 0 Å². The van der Waals surface area contributed by atoms with Gasteiger partial charge in [-0.15, -0.1) is 0 Å². The van der Waals surface area contributed by atoms with Crippen molar-refractivity contribution in [1.29, 1.82) is 0 Å². The third-order valence-electron chi connectivity index (χ3n) is 6.05. The van der Waals surface area contributed by atoms with Gasteiger partial charge in [-0.3, -0.25) is 9.59 Å². The summed E-state index contributed by atoms with van der Waals surface area (Å²) >= 11 is 0. The molecule has 2 amide bonds. The van der Waals surface area contributed by atoms with E-state index >= 15 is 0 Å². The molecule has 4 rings (SSSR count). The van der Waals surface area contributed by atoms with Gasteiger partial charge in [0.15, 0.2) is 0 Å². The first-order valence-corrected chi connectivity index (χ1v) is 12.2. The van der Waals surface area contributed by atoms with Crippen LogP contribution in [0, 0.1) is 5.92 Å². The molecule has 0 aromatic heterocycles. The van der Waals surface area contributed by atoms with Gasteiger partial charge in [0.1, 0.15) is 12.4 Å². The average Bonchev–Trinajstić information content (AvgIpc) is 2.88. The summed E-state index contributed by atoms with van der Waals surface area (Å²) in [6.45, 7) is 7.71. The smallest absolute Gasteiger partial charge is 0.255 e. The monoisotopic (exact) mass is 471 g/mol. The number of hydrogen-bond acceptors (Lipinski definition) is 4. The molecule has 3 aromatic carbocycles. The van der Waals surface area contributed by atoms with Crippen molar-refractivity contribution in [2.24, 2.45) is 5.92 Å². The zero-order chi connectivity index (χ0) is 24.6. The fourth-order valence-electron chi connectivity index (χ4n) is 4.12. The lowest BCUT2D eigenvalue weighted by molar-refractivity contribution is -0.132. The van der Waals surface area contributed by atoms with Gasteiger partial charge in [-0.2, -0.15) is 0 Å². The van der Waals surface area contributed by atoms with Gasteiger partial charge >= 0.3 is 0 Å². The Bertz CT molecular complexity index is 1120. The molecule has 0 aliphatic carbocycles. The van der Waals surface area contributed by atoms with Crippen LogP contribution < -0.4 is 15.0 Å². The van der Waals surface area contributed by atoms with Gasteiger partial charge in [-0.25, -0.2) is 0 Å². The lowest BCUT2D eigenvalue weighted by atomic mass is 10.1. The third kappa shape index (κ3) is 6.85. The van der Waals surface area contributed by atoms with E-state index in [9.17, 15) is 9.59 Å². The molecule has 1 saturated heterocycles. The maximum absolute atomic E-state index is 12.8. The van der Waals surface area contributed by atoms with Crippen molar-refractivity contribution in [3.8, 4) is 5.75 Å². The number of anilines is 2. The van der Waals surface area contributed by atoms with Gasteiger partial charge in [0.05, 0.1) is 0 Å². The van der Waals surface area contributed by atoms with Crippen molar-refractivity contribution in [1.82, 2.24) is 4.90 Å². The molecule has 0 unspecified atom stereocenters. The summed E-state index contributed by atoms with van der Waals surface area (Å²) in [5, 5.41) is 2.96. The maximum atomic E-state index is 12.8. The minimum absolute atomic E-state index is 0.180. The van der Waals surface area contributed by atoms with Gasteiger partial charge in [0, 0.05) is 49.5 Å². The second kappa shape index (κ2) is 11.6. The molecule has 1 aliphatic heterocycles. The van der Waals surface area contributed by atoms with E-state index in [2.05, 4.69) is 24.1 Å². The molecule has 1 heterocycles. The van der Waals surface area contributed by atoms with E-state index in [4.69, 9.17) is 4.74 Å². The number of nitrogens with one attached hydrogen (secondary N) is 1. The summed E-state index contributed by atoms with van der Waals surface area (Å²) in [4.78, 5) is 29.3. The summed E-state index contributed by atoms with van der Waals surface area (Å²) in [7, 11) is 0. The number of carbonyl (C=O) groups excluding carboxylic acids is 2. The number of piperazine rings is 1. The number of ether oxygens (including phenoxy) is 1. The predicted octanol–water partition coefficient (Wildman–Crippen LogP) is 5.21. The molecule has 0 radical (unpaired) electrons. The van der Waals surface area contributed by atoms with Crippen LogP contribution in [0.1, 0.15) is 36.2 Å². The molecule has 0 bridgehead atoms. The Balaban J connectivity index is 1.29. The third-order valence-corrected chi connectivity index (χ3v) is 6.05. The zero-order valence-electron chi connectivity index (χ0n) is 20.4. The minimum atomic E-state index is -0.180. The molecule has 6 heteroatoms. The molecule has 1 fully saturated rings. The predicted molar refractivity (Wildman–Crippen MR) is 140 cm³/mol. The number of carbonyl (C=O) groups is 2. The quantitative estimate of drug-likeness (QED) is 0.490. The summed E-state index contributed by atoms with van der Waals surface area (Å²) < 4.78 is 5.85. The maximum Gasteiger partial charge on any atom is 0.255 e. The second-order valence-electron chi connectivity index (χ2n) is 9.27. The normalized spacial score (nSPS) is 13.6. The highest BCUT2D eigenvalue weighted by Gasteiger charge is 2.21. The second-order valence-corrected chi connectivity index (χ2v) is 9.27. The fourth-order valence-corrected chi connectivity index (χ4v) is 4.12. The summed E-state index contributed by atoms with van der Waals surface area (Å²) in [5.74, 6) is 1.10. The van der Waals surface area contributed by atoms with Crippen LogP contribution in [-0.4, -0.2) is 42.9 Å². The van der Waals surface area contributed by atoms with E-state index in [1.807, 2.05) is 71.6 Å². The lowest BCUT2D eigenvalue weighted by Crippen LogP contribution is -2.49. The molecule has 0 atom stereocenters. The molecule has 0 saturated carbocycles. The topological polar surface area (TPSA) is 61.9 Å². The Kier molecular flexibility index (Phi) is 8.03. The van der Waals surface area contributed by atoms with E-state index in [0.29, 0.717) is 30.3 Å². The Labute approximate surface area is 207 Å². The van der Waals surface area contributed by atoms with Crippen molar-refractivity contribution in [3.63, 3.8) is 0 Å². The number of rotatable bonds is 8. The van der Waals surface area contributed by atoms with Crippen molar-refractivity contribution >= 4 is 23.2 Å². The molecule has 6 nitrogen and oxygen atoms in total. The average molecular weight is 472 g/mol. The molecule has 3 aromatic rings. The molecular weight excluding hydrogens is 438 g/mol. The number of nitrogens with zero attached hydrogens (tertiary/aromatic N) is 2. The van der Waals surface area contributed by atoms with Gasteiger partial charge in [-0.1, -0.05) is 50.2 Å². The van der Waals surface area contributed by atoms with Crippen LogP contribution in [0.2, 0.25) is 0 Å². The Hall–Kier alpha value is -3.80. The van der Waals surface area contributed by atoms with Crippen LogP contribution in [0.5, 0.6) is 5.75 Å². The van der Waals surface area contributed by atoms with E-state index < -0.39 is 0 Å². The fraction of sp³-hybridized carbons (Fsp3) is 0.310. The molecule has 1 N–H and O–H groups in total. The molecule has 0 spiro atoms. The first kappa shape index (κ1) is 24.3. The Morgan fingerprint density at radius 2 is 1.60 bits per heavy atom. The van der Waals surface area contributed by atoms with Crippen LogP contribution in [-0.2, 0) is 11.4 Å². The van der Waals surface area contributed by atoms with Crippen LogP contribution in [0.15, 0.2) is 78.9 Å². The van der Waals surface area contributed by atoms with Crippen molar-refractivity contribution in [2.45, 2.75) is 26.9 Å². The lowest BCUT2D eigenvalue weighted by Gasteiger charge is -2.36. The summed E-state index contributed by atoms with van der Waals surface area (Å²) in [6.07, 6.45) is 0.608. The van der Waals surface area contributed by atoms with Crippen LogP contribution in [0.4, 0.5) is 11.4 Å². The number of hydrogen-bond donors (Lipinski definition) is 1. The van der Waals surface area contributed by atoms with Gasteiger partial charge < -0.3 is 19.9 Å². The van der Waals surface area contributed by atoms with Crippen LogP contribution in [0.25, 0.3) is 0 Å². The van der Waals surface area contributed by atoms with Gasteiger partial charge in [0.2, 0.25) is 5.91 Å².